The Hall–Kier alpha value is -0.600. The first kappa shape index (κ1) is 13.8. The number of rotatable bonds is 4. The largest absolute Gasteiger partial charge is 0.306 e. The minimum absolute atomic E-state index is 0.0541. The van der Waals surface area contributed by atoms with Gasteiger partial charge in [-0.1, -0.05) is 25.3 Å². The quantitative estimate of drug-likeness (QED) is 0.809. The molecule has 1 aliphatic rings. The average molecular weight is 270 g/mol. The highest BCUT2D eigenvalue weighted by Crippen LogP contribution is 2.29. The molecule has 100 valence electrons. The Kier molecular flexibility index (Phi) is 4.63. The van der Waals surface area contributed by atoms with Crippen LogP contribution in [0.3, 0.4) is 0 Å². The minimum atomic E-state index is -0.166. The predicted octanol–water partition coefficient (Wildman–Crippen LogP) is 4.17. The van der Waals surface area contributed by atoms with Crippen LogP contribution in [0.15, 0.2) is 18.2 Å². The number of hydrogen-bond donors (Lipinski definition) is 1. The fourth-order valence-electron chi connectivity index (χ4n) is 2.70. The maximum Gasteiger partial charge on any atom is 0.123 e. The number of benzene rings is 1. The van der Waals surface area contributed by atoms with Crippen molar-refractivity contribution in [2.75, 3.05) is 5.88 Å². The van der Waals surface area contributed by atoms with E-state index in [1.54, 1.807) is 6.07 Å². The maximum absolute atomic E-state index is 13.2. The lowest BCUT2D eigenvalue weighted by atomic mass is 9.83. The fourth-order valence-corrected chi connectivity index (χ4v) is 3.06. The zero-order chi connectivity index (χ0) is 13.0. The molecule has 0 aromatic heterocycles. The Morgan fingerprint density at radius 2 is 2.00 bits per heavy atom. The molecule has 1 aromatic carbocycles. The van der Waals surface area contributed by atoms with Gasteiger partial charge in [0, 0.05) is 18.0 Å². The summed E-state index contributed by atoms with van der Waals surface area (Å²) in [6.07, 6.45) is 6.04. The zero-order valence-corrected chi connectivity index (χ0v) is 11.7. The SMILES string of the molecule is Cc1ccc(F)cc1CNC1(CCl)CCCCC1. The molecule has 1 aliphatic carbocycles. The van der Waals surface area contributed by atoms with Gasteiger partial charge in [-0.25, -0.2) is 4.39 Å². The van der Waals surface area contributed by atoms with E-state index in [-0.39, 0.29) is 11.4 Å². The highest BCUT2D eigenvalue weighted by Gasteiger charge is 2.30. The van der Waals surface area contributed by atoms with Gasteiger partial charge in [-0.2, -0.15) is 0 Å². The van der Waals surface area contributed by atoms with Gasteiger partial charge in [-0.3, -0.25) is 0 Å². The first-order valence-electron chi connectivity index (χ1n) is 6.71. The summed E-state index contributed by atoms with van der Waals surface area (Å²) < 4.78 is 13.2. The van der Waals surface area contributed by atoms with Crippen molar-refractivity contribution in [2.24, 2.45) is 0 Å². The van der Waals surface area contributed by atoms with Gasteiger partial charge < -0.3 is 5.32 Å². The Morgan fingerprint density at radius 1 is 1.28 bits per heavy atom. The van der Waals surface area contributed by atoms with Crippen LogP contribution in [-0.2, 0) is 6.54 Å². The molecule has 0 spiro atoms. The average Bonchev–Trinajstić information content (AvgIpc) is 2.41. The monoisotopic (exact) mass is 269 g/mol. The summed E-state index contributed by atoms with van der Waals surface area (Å²) in [6, 6.07) is 4.96. The Labute approximate surface area is 114 Å². The molecule has 1 aromatic rings. The van der Waals surface area contributed by atoms with E-state index in [0.29, 0.717) is 12.4 Å². The topological polar surface area (TPSA) is 12.0 Å². The van der Waals surface area contributed by atoms with Crippen LogP contribution in [0.1, 0.15) is 43.2 Å². The summed E-state index contributed by atoms with van der Waals surface area (Å²) in [5.41, 5.74) is 2.22. The van der Waals surface area contributed by atoms with E-state index in [1.165, 1.54) is 25.3 Å². The minimum Gasteiger partial charge on any atom is -0.306 e. The molecule has 2 rings (SSSR count). The van der Waals surface area contributed by atoms with Crippen LogP contribution in [0, 0.1) is 12.7 Å². The van der Waals surface area contributed by atoms with Gasteiger partial charge in [0.2, 0.25) is 0 Å². The third kappa shape index (κ3) is 3.24. The summed E-state index contributed by atoms with van der Waals surface area (Å²) in [4.78, 5) is 0. The first-order valence-corrected chi connectivity index (χ1v) is 7.25. The first-order chi connectivity index (χ1) is 8.65. The predicted molar refractivity (Wildman–Crippen MR) is 74.5 cm³/mol. The Morgan fingerprint density at radius 3 is 2.67 bits per heavy atom. The van der Waals surface area contributed by atoms with E-state index in [2.05, 4.69) is 5.32 Å². The molecule has 1 fully saturated rings. The second-order valence-electron chi connectivity index (χ2n) is 5.40. The van der Waals surface area contributed by atoms with Crippen molar-refractivity contribution in [3.05, 3.63) is 35.1 Å². The van der Waals surface area contributed by atoms with Crippen molar-refractivity contribution < 1.29 is 4.39 Å². The normalized spacial score (nSPS) is 18.8. The standard InChI is InChI=1S/C15H21ClFN/c1-12-5-6-14(17)9-13(12)10-18-15(11-16)7-3-2-4-8-15/h5-6,9,18H,2-4,7-8,10-11H2,1H3. The van der Waals surface area contributed by atoms with Crippen LogP contribution in [0.4, 0.5) is 4.39 Å². The fraction of sp³-hybridized carbons (Fsp3) is 0.600. The van der Waals surface area contributed by atoms with Crippen LogP contribution >= 0.6 is 11.6 Å². The van der Waals surface area contributed by atoms with Crippen LogP contribution in [0.2, 0.25) is 0 Å². The van der Waals surface area contributed by atoms with Gasteiger partial charge in [-0.05, 0) is 43.0 Å². The van der Waals surface area contributed by atoms with Crippen LogP contribution in [-0.4, -0.2) is 11.4 Å². The van der Waals surface area contributed by atoms with Crippen LogP contribution in [0.25, 0.3) is 0 Å². The Bertz CT molecular complexity index is 399. The summed E-state index contributed by atoms with van der Waals surface area (Å²) in [7, 11) is 0. The smallest absolute Gasteiger partial charge is 0.123 e. The highest BCUT2D eigenvalue weighted by atomic mass is 35.5. The van der Waals surface area contributed by atoms with Crippen molar-refractivity contribution in [3.8, 4) is 0 Å². The number of halogens is 2. The lowest BCUT2D eigenvalue weighted by Crippen LogP contribution is -2.48. The molecule has 0 aliphatic heterocycles. The van der Waals surface area contributed by atoms with Gasteiger partial charge in [0.25, 0.3) is 0 Å². The summed E-state index contributed by atoms with van der Waals surface area (Å²) in [6.45, 7) is 2.72. The number of aryl methyl sites for hydroxylation is 1. The van der Waals surface area contributed by atoms with Crippen LogP contribution in [0.5, 0.6) is 0 Å². The molecule has 0 atom stereocenters. The lowest BCUT2D eigenvalue weighted by Gasteiger charge is -2.37. The molecule has 0 amide bonds. The molecule has 1 saturated carbocycles. The summed E-state index contributed by atoms with van der Waals surface area (Å²) >= 11 is 6.14. The molecule has 0 radical (unpaired) electrons. The third-order valence-corrected chi connectivity index (χ3v) is 4.54. The van der Waals surface area contributed by atoms with E-state index in [4.69, 9.17) is 11.6 Å². The van der Waals surface area contributed by atoms with E-state index >= 15 is 0 Å². The summed E-state index contributed by atoms with van der Waals surface area (Å²) in [5.74, 6) is 0.474. The van der Waals surface area contributed by atoms with Gasteiger partial charge in [0.15, 0.2) is 0 Å². The maximum atomic E-state index is 13.2. The second-order valence-corrected chi connectivity index (χ2v) is 5.67. The van der Waals surface area contributed by atoms with Crippen molar-refractivity contribution in [1.29, 1.82) is 0 Å². The third-order valence-electron chi connectivity index (χ3n) is 4.03. The Balaban J connectivity index is 2.03. The van der Waals surface area contributed by atoms with E-state index in [1.807, 2.05) is 13.0 Å². The van der Waals surface area contributed by atoms with Crippen molar-refractivity contribution in [2.45, 2.75) is 51.1 Å². The number of nitrogens with one attached hydrogen (secondary N) is 1. The van der Waals surface area contributed by atoms with Gasteiger partial charge >= 0.3 is 0 Å². The van der Waals surface area contributed by atoms with Crippen LogP contribution < -0.4 is 5.32 Å². The van der Waals surface area contributed by atoms with Gasteiger partial charge in [-0.15, -0.1) is 11.6 Å². The molecule has 0 saturated heterocycles. The van der Waals surface area contributed by atoms with E-state index in [0.717, 1.165) is 24.0 Å². The number of alkyl halides is 1. The molecule has 0 heterocycles. The molecular weight excluding hydrogens is 249 g/mol. The number of hydrogen-bond acceptors (Lipinski definition) is 1. The molecule has 1 N–H and O–H groups in total. The summed E-state index contributed by atoms with van der Waals surface area (Å²) in [5, 5.41) is 3.57. The zero-order valence-electron chi connectivity index (χ0n) is 10.9. The highest BCUT2D eigenvalue weighted by molar-refractivity contribution is 6.18. The van der Waals surface area contributed by atoms with Crippen molar-refractivity contribution in [1.82, 2.24) is 5.32 Å². The molecule has 3 heteroatoms. The molecule has 1 nitrogen and oxygen atoms in total. The van der Waals surface area contributed by atoms with E-state index < -0.39 is 0 Å². The van der Waals surface area contributed by atoms with Crippen molar-refractivity contribution >= 4 is 11.6 Å². The lowest BCUT2D eigenvalue weighted by molar-refractivity contribution is 0.256. The molecule has 0 unspecified atom stereocenters. The van der Waals surface area contributed by atoms with Gasteiger partial charge in [0.1, 0.15) is 5.82 Å². The van der Waals surface area contributed by atoms with Gasteiger partial charge in [0.05, 0.1) is 0 Å². The molecule has 18 heavy (non-hydrogen) atoms. The molecular formula is C15H21ClFN. The molecule has 0 bridgehead atoms. The van der Waals surface area contributed by atoms with Crippen molar-refractivity contribution in [3.63, 3.8) is 0 Å². The second kappa shape index (κ2) is 6.03. The van der Waals surface area contributed by atoms with E-state index in [9.17, 15) is 4.39 Å².